The summed E-state index contributed by atoms with van der Waals surface area (Å²) in [7, 11) is -1.84. The van der Waals surface area contributed by atoms with Crippen LogP contribution < -0.4 is 25.2 Å². The highest BCUT2D eigenvalue weighted by Gasteiger charge is 2.27. The van der Waals surface area contributed by atoms with Gasteiger partial charge in [-0.25, -0.2) is 14.5 Å². The second-order valence-electron chi connectivity index (χ2n) is 5.45. The quantitative estimate of drug-likeness (QED) is 0.597. The van der Waals surface area contributed by atoms with Gasteiger partial charge in [0.2, 0.25) is 17.7 Å². The number of nitrogens with zero attached hydrogens (tertiary/aromatic N) is 3. The van der Waals surface area contributed by atoms with E-state index in [4.69, 9.17) is 15.2 Å². The SMILES string of the molecule is COc1cc(OC)nc(NC(=O)NS(=O)(=O)c2ncc(C)c(C)c2C(N)=O)n1. The molecule has 28 heavy (non-hydrogen) atoms. The Morgan fingerprint density at radius 2 is 1.68 bits per heavy atom. The second kappa shape index (κ2) is 8.04. The Hall–Kier alpha value is -3.48. The van der Waals surface area contributed by atoms with Crippen LogP contribution in [0.2, 0.25) is 0 Å². The number of amides is 3. The number of aryl methyl sites for hydroxylation is 1. The van der Waals surface area contributed by atoms with Crippen molar-refractivity contribution in [2.75, 3.05) is 19.5 Å². The first-order valence-electron chi connectivity index (χ1n) is 7.66. The summed E-state index contributed by atoms with van der Waals surface area (Å²) >= 11 is 0. The van der Waals surface area contributed by atoms with Gasteiger partial charge in [-0.2, -0.15) is 18.4 Å². The molecule has 0 saturated carbocycles. The molecule has 0 atom stereocenters. The highest BCUT2D eigenvalue weighted by Crippen LogP contribution is 2.20. The van der Waals surface area contributed by atoms with Crippen molar-refractivity contribution in [3.63, 3.8) is 0 Å². The third-order valence-corrected chi connectivity index (χ3v) is 4.88. The van der Waals surface area contributed by atoms with Gasteiger partial charge in [-0.05, 0) is 25.0 Å². The molecule has 4 N–H and O–H groups in total. The van der Waals surface area contributed by atoms with Gasteiger partial charge < -0.3 is 15.2 Å². The minimum Gasteiger partial charge on any atom is -0.481 e. The highest BCUT2D eigenvalue weighted by molar-refractivity contribution is 7.90. The fourth-order valence-electron chi connectivity index (χ4n) is 2.13. The number of primary amides is 1. The maximum absolute atomic E-state index is 12.5. The molecule has 0 aromatic carbocycles. The summed E-state index contributed by atoms with van der Waals surface area (Å²) in [6, 6.07) is 0.170. The van der Waals surface area contributed by atoms with Crippen LogP contribution in [0.5, 0.6) is 11.8 Å². The van der Waals surface area contributed by atoms with Gasteiger partial charge in [0.15, 0.2) is 5.03 Å². The van der Waals surface area contributed by atoms with Crippen molar-refractivity contribution in [1.29, 1.82) is 0 Å². The van der Waals surface area contributed by atoms with E-state index in [0.29, 0.717) is 11.1 Å². The smallest absolute Gasteiger partial charge is 0.335 e. The minimum atomic E-state index is -4.52. The Labute approximate surface area is 160 Å². The van der Waals surface area contributed by atoms with Gasteiger partial charge in [0, 0.05) is 6.20 Å². The van der Waals surface area contributed by atoms with E-state index in [1.807, 2.05) is 0 Å². The molecule has 2 heterocycles. The van der Waals surface area contributed by atoms with Crippen molar-refractivity contribution in [3.8, 4) is 11.8 Å². The molecule has 2 aromatic heterocycles. The zero-order valence-electron chi connectivity index (χ0n) is 15.4. The molecule has 12 nitrogen and oxygen atoms in total. The number of ether oxygens (including phenoxy) is 2. The third kappa shape index (κ3) is 4.43. The lowest BCUT2D eigenvalue weighted by Gasteiger charge is -2.13. The number of nitrogens with two attached hydrogens (primary N) is 1. The van der Waals surface area contributed by atoms with Gasteiger partial charge in [0.05, 0.1) is 25.8 Å². The molecule has 0 saturated heterocycles. The van der Waals surface area contributed by atoms with Crippen LogP contribution >= 0.6 is 0 Å². The molecule has 0 fully saturated rings. The number of hydrogen-bond donors (Lipinski definition) is 3. The molecule has 0 spiro atoms. The number of aromatic nitrogens is 3. The number of carbonyl (C=O) groups is 2. The maximum atomic E-state index is 12.5. The second-order valence-corrected chi connectivity index (χ2v) is 7.04. The molecule has 0 aliphatic rings. The standard InChI is InChI=1S/C15H18N6O6S/c1-7-6-17-13(11(8(7)2)12(16)22)28(24,25)21-15(23)20-14-18-9(26-3)5-10(19-14)27-4/h5-6H,1-4H3,(H2,16,22)(H2,18,19,20,21,23). The van der Waals surface area contributed by atoms with Gasteiger partial charge in [-0.1, -0.05) is 0 Å². The fourth-order valence-corrected chi connectivity index (χ4v) is 3.24. The lowest BCUT2D eigenvalue weighted by Crippen LogP contribution is -2.36. The Balaban J connectivity index is 2.32. The number of pyridine rings is 1. The average molecular weight is 410 g/mol. The van der Waals surface area contributed by atoms with E-state index >= 15 is 0 Å². The number of methoxy groups -OCH3 is 2. The van der Waals surface area contributed by atoms with E-state index in [2.05, 4.69) is 20.3 Å². The van der Waals surface area contributed by atoms with Crippen molar-refractivity contribution < 1.29 is 27.5 Å². The number of sulfonamides is 1. The molecule has 13 heteroatoms. The van der Waals surface area contributed by atoms with Gasteiger partial charge >= 0.3 is 6.03 Å². The normalized spacial score (nSPS) is 10.9. The first kappa shape index (κ1) is 20.8. The van der Waals surface area contributed by atoms with Gasteiger partial charge in [-0.15, -0.1) is 0 Å². The van der Waals surface area contributed by atoms with Crippen LogP contribution in [-0.4, -0.2) is 49.5 Å². The molecule has 0 radical (unpaired) electrons. The van der Waals surface area contributed by atoms with Gasteiger partial charge in [-0.3, -0.25) is 10.1 Å². The molecular formula is C15H18N6O6S. The number of carbonyl (C=O) groups excluding carboxylic acids is 2. The predicted molar refractivity (Wildman–Crippen MR) is 96.7 cm³/mol. The van der Waals surface area contributed by atoms with Crippen LogP contribution in [0.25, 0.3) is 0 Å². The van der Waals surface area contributed by atoms with Crippen LogP contribution in [0.1, 0.15) is 21.5 Å². The molecule has 2 rings (SSSR count). The van der Waals surface area contributed by atoms with E-state index in [-0.39, 0.29) is 23.3 Å². The summed E-state index contributed by atoms with van der Waals surface area (Å²) in [6.45, 7) is 3.16. The Bertz CT molecular complexity index is 1020. The Morgan fingerprint density at radius 3 is 2.18 bits per heavy atom. The minimum absolute atomic E-state index is 0.0804. The first-order chi connectivity index (χ1) is 13.1. The lowest BCUT2D eigenvalue weighted by molar-refractivity contribution is 0.0995. The van der Waals surface area contributed by atoms with E-state index in [0.717, 1.165) is 0 Å². The summed E-state index contributed by atoms with van der Waals surface area (Å²) < 4.78 is 36.7. The van der Waals surface area contributed by atoms with Crippen molar-refractivity contribution in [1.82, 2.24) is 19.7 Å². The molecule has 0 bridgehead atoms. The van der Waals surface area contributed by atoms with Crippen LogP contribution in [0.4, 0.5) is 10.7 Å². The molecule has 3 amide bonds. The van der Waals surface area contributed by atoms with E-state index in [1.54, 1.807) is 11.6 Å². The molecule has 0 unspecified atom stereocenters. The molecular weight excluding hydrogens is 392 g/mol. The van der Waals surface area contributed by atoms with Crippen molar-refractivity contribution in [2.45, 2.75) is 18.9 Å². The number of rotatable bonds is 6. The highest BCUT2D eigenvalue weighted by atomic mass is 32.2. The largest absolute Gasteiger partial charge is 0.481 e. The first-order valence-corrected chi connectivity index (χ1v) is 9.14. The van der Waals surface area contributed by atoms with Crippen LogP contribution in [0, 0.1) is 13.8 Å². The van der Waals surface area contributed by atoms with Gasteiger partial charge in [0.25, 0.3) is 15.9 Å². The summed E-state index contributed by atoms with van der Waals surface area (Å²) in [6.07, 6.45) is 1.25. The Kier molecular flexibility index (Phi) is 5.98. The van der Waals surface area contributed by atoms with Crippen molar-refractivity contribution >= 4 is 27.9 Å². The summed E-state index contributed by atoms with van der Waals surface area (Å²) in [5.74, 6) is -1.10. The summed E-state index contributed by atoms with van der Waals surface area (Å²) in [4.78, 5) is 35.3. The molecule has 0 aliphatic carbocycles. The monoisotopic (exact) mass is 410 g/mol. The molecule has 0 aliphatic heterocycles. The van der Waals surface area contributed by atoms with Crippen LogP contribution in [0.3, 0.4) is 0 Å². The Morgan fingerprint density at radius 1 is 1.11 bits per heavy atom. The van der Waals surface area contributed by atoms with E-state index < -0.39 is 27.0 Å². The summed E-state index contributed by atoms with van der Waals surface area (Å²) in [5.41, 5.74) is 5.87. The lowest BCUT2D eigenvalue weighted by atomic mass is 10.1. The van der Waals surface area contributed by atoms with E-state index in [9.17, 15) is 18.0 Å². The van der Waals surface area contributed by atoms with Gasteiger partial charge in [0.1, 0.15) is 0 Å². The zero-order valence-corrected chi connectivity index (χ0v) is 16.2. The summed E-state index contributed by atoms with van der Waals surface area (Å²) in [5, 5.41) is 1.47. The topological polar surface area (TPSA) is 175 Å². The molecule has 2 aromatic rings. The van der Waals surface area contributed by atoms with Crippen LogP contribution in [-0.2, 0) is 10.0 Å². The van der Waals surface area contributed by atoms with E-state index in [1.165, 1.54) is 33.4 Å². The number of hydrogen-bond acceptors (Lipinski definition) is 9. The fraction of sp³-hybridized carbons (Fsp3) is 0.267. The average Bonchev–Trinajstić information content (AvgIpc) is 2.62. The van der Waals surface area contributed by atoms with Crippen molar-refractivity contribution in [2.24, 2.45) is 5.73 Å². The van der Waals surface area contributed by atoms with Crippen molar-refractivity contribution in [3.05, 3.63) is 29.0 Å². The maximum Gasteiger partial charge on any atom is 0.335 e. The number of urea groups is 1. The predicted octanol–water partition coefficient (Wildman–Crippen LogP) is 0.115. The zero-order chi connectivity index (χ0) is 21.1. The number of nitrogens with one attached hydrogen (secondary N) is 2. The van der Waals surface area contributed by atoms with Crippen LogP contribution in [0.15, 0.2) is 17.3 Å². The third-order valence-electron chi connectivity index (χ3n) is 3.61. The number of anilines is 1. The molecule has 150 valence electrons.